The highest BCUT2D eigenvalue weighted by atomic mass is 16.5. The van der Waals surface area contributed by atoms with Crippen LogP contribution in [0, 0.1) is 0 Å². The Labute approximate surface area is 167 Å². The molecule has 150 valence electrons. The fourth-order valence-electron chi connectivity index (χ4n) is 2.67. The zero-order valence-corrected chi connectivity index (χ0v) is 16.9. The summed E-state index contributed by atoms with van der Waals surface area (Å²) < 4.78 is 5.77. The van der Waals surface area contributed by atoms with E-state index in [1.807, 2.05) is 56.6 Å². The van der Waals surface area contributed by atoms with Gasteiger partial charge in [0.05, 0.1) is 0 Å². The van der Waals surface area contributed by atoms with Gasteiger partial charge in [-0.2, -0.15) is 0 Å². The maximum Gasteiger partial charge on any atom is 0.240 e. The van der Waals surface area contributed by atoms with Crippen molar-refractivity contribution in [1.29, 1.82) is 0 Å². The summed E-state index contributed by atoms with van der Waals surface area (Å²) in [5.41, 5.74) is 1.76. The molecule has 0 bridgehead atoms. The SMILES string of the molecule is CC(=O)N(CC(=O)NCCCN(C)C)c1ccc(OCc2ccccc2)cc1. The van der Waals surface area contributed by atoms with Gasteiger partial charge in [-0.25, -0.2) is 0 Å². The third kappa shape index (κ3) is 7.40. The quantitative estimate of drug-likeness (QED) is 0.641. The van der Waals surface area contributed by atoms with Crippen molar-refractivity contribution in [2.24, 2.45) is 0 Å². The number of carbonyl (C=O) groups excluding carboxylic acids is 2. The number of benzene rings is 2. The highest BCUT2D eigenvalue weighted by Crippen LogP contribution is 2.20. The van der Waals surface area contributed by atoms with E-state index in [1.165, 1.54) is 11.8 Å². The van der Waals surface area contributed by atoms with Crippen molar-refractivity contribution < 1.29 is 14.3 Å². The van der Waals surface area contributed by atoms with Gasteiger partial charge in [-0.15, -0.1) is 0 Å². The van der Waals surface area contributed by atoms with Crippen LogP contribution < -0.4 is 15.0 Å². The third-order valence-corrected chi connectivity index (χ3v) is 4.18. The second-order valence-electron chi connectivity index (χ2n) is 6.88. The molecule has 2 aromatic carbocycles. The van der Waals surface area contributed by atoms with Gasteiger partial charge in [-0.05, 0) is 56.9 Å². The van der Waals surface area contributed by atoms with Crippen LogP contribution in [0.1, 0.15) is 18.9 Å². The zero-order chi connectivity index (χ0) is 20.4. The molecule has 0 fully saturated rings. The molecular weight excluding hydrogens is 354 g/mol. The fourth-order valence-corrected chi connectivity index (χ4v) is 2.67. The first-order chi connectivity index (χ1) is 13.5. The molecule has 2 amide bonds. The fraction of sp³-hybridized carbons (Fsp3) is 0.364. The van der Waals surface area contributed by atoms with E-state index < -0.39 is 0 Å². The van der Waals surface area contributed by atoms with Gasteiger partial charge in [0.2, 0.25) is 11.8 Å². The lowest BCUT2D eigenvalue weighted by molar-refractivity contribution is -0.123. The third-order valence-electron chi connectivity index (χ3n) is 4.18. The lowest BCUT2D eigenvalue weighted by Gasteiger charge is -2.21. The van der Waals surface area contributed by atoms with Crippen molar-refractivity contribution in [3.8, 4) is 5.75 Å². The Hall–Kier alpha value is -2.86. The molecule has 0 saturated carbocycles. The van der Waals surface area contributed by atoms with E-state index in [2.05, 4.69) is 10.2 Å². The second kappa shape index (κ2) is 11.1. The van der Waals surface area contributed by atoms with Gasteiger partial charge in [-0.3, -0.25) is 9.59 Å². The van der Waals surface area contributed by atoms with Crippen LogP contribution in [-0.4, -0.2) is 50.4 Å². The van der Waals surface area contributed by atoms with Crippen molar-refractivity contribution in [3.05, 3.63) is 60.2 Å². The molecule has 0 aromatic heterocycles. The molecule has 2 rings (SSSR count). The van der Waals surface area contributed by atoms with E-state index in [4.69, 9.17) is 4.74 Å². The lowest BCUT2D eigenvalue weighted by Crippen LogP contribution is -2.40. The van der Waals surface area contributed by atoms with Crippen LogP contribution in [-0.2, 0) is 16.2 Å². The van der Waals surface area contributed by atoms with Gasteiger partial charge in [0.25, 0.3) is 0 Å². The maximum absolute atomic E-state index is 12.2. The normalized spacial score (nSPS) is 10.6. The molecular formula is C22H29N3O3. The molecule has 0 radical (unpaired) electrons. The summed E-state index contributed by atoms with van der Waals surface area (Å²) in [6, 6.07) is 17.1. The second-order valence-corrected chi connectivity index (χ2v) is 6.88. The van der Waals surface area contributed by atoms with Gasteiger partial charge in [0.15, 0.2) is 0 Å². The van der Waals surface area contributed by atoms with Crippen LogP contribution in [0.2, 0.25) is 0 Å². The van der Waals surface area contributed by atoms with Crippen LogP contribution in [0.4, 0.5) is 5.69 Å². The number of ether oxygens (including phenoxy) is 1. The van der Waals surface area contributed by atoms with E-state index in [0.29, 0.717) is 24.6 Å². The standard InChI is InChI=1S/C22H29N3O3/c1-18(26)25(16-22(27)23-14-7-15-24(2)3)20-10-12-21(13-11-20)28-17-19-8-5-4-6-9-19/h4-6,8-13H,7,14-17H2,1-3H3,(H,23,27). The van der Waals surface area contributed by atoms with Crippen molar-refractivity contribution in [3.63, 3.8) is 0 Å². The van der Waals surface area contributed by atoms with Crippen molar-refractivity contribution >= 4 is 17.5 Å². The number of anilines is 1. The minimum absolute atomic E-state index is 0.00150. The predicted octanol–water partition coefficient (Wildman–Crippen LogP) is 2.69. The molecule has 28 heavy (non-hydrogen) atoms. The number of amides is 2. The molecule has 0 atom stereocenters. The monoisotopic (exact) mass is 383 g/mol. The van der Waals surface area contributed by atoms with Gasteiger partial charge in [0, 0.05) is 19.2 Å². The minimum atomic E-state index is -0.179. The zero-order valence-electron chi connectivity index (χ0n) is 16.9. The number of rotatable bonds is 10. The Morgan fingerprint density at radius 3 is 2.29 bits per heavy atom. The highest BCUT2D eigenvalue weighted by molar-refractivity contribution is 5.97. The molecule has 6 nitrogen and oxygen atoms in total. The van der Waals surface area contributed by atoms with Crippen molar-refractivity contribution in [2.45, 2.75) is 20.0 Å². The maximum atomic E-state index is 12.2. The summed E-state index contributed by atoms with van der Waals surface area (Å²) in [7, 11) is 3.99. The van der Waals surface area contributed by atoms with Crippen molar-refractivity contribution in [1.82, 2.24) is 10.2 Å². The van der Waals surface area contributed by atoms with Crippen LogP contribution in [0.5, 0.6) is 5.75 Å². The largest absolute Gasteiger partial charge is 0.489 e. The molecule has 0 aliphatic heterocycles. The topological polar surface area (TPSA) is 61.9 Å². The first-order valence-electron chi connectivity index (χ1n) is 9.42. The average molecular weight is 383 g/mol. The van der Waals surface area contributed by atoms with Crippen LogP contribution in [0.3, 0.4) is 0 Å². The summed E-state index contributed by atoms with van der Waals surface area (Å²) in [5.74, 6) is 0.365. The Balaban J connectivity index is 1.88. The minimum Gasteiger partial charge on any atom is -0.489 e. The number of hydrogen-bond donors (Lipinski definition) is 1. The van der Waals surface area contributed by atoms with Crippen LogP contribution in [0.25, 0.3) is 0 Å². The van der Waals surface area contributed by atoms with Gasteiger partial charge in [0.1, 0.15) is 18.9 Å². The van der Waals surface area contributed by atoms with Gasteiger partial charge < -0.3 is 19.9 Å². The van der Waals surface area contributed by atoms with Crippen LogP contribution >= 0.6 is 0 Å². The Kier molecular flexibility index (Phi) is 8.49. The van der Waals surface area contributed by atoms with E-state index in [1.54, 1.807) is 12.1 Å². The summed E-state index contributed by atoms with van der Waals surface area (Å²) in [6.45, 7) is 3.43. The Morgan fingerprint density at radius 2 is 1.68 bits per heavy atom. The number of nitrogens with zero attached hydrogens (tertiary/aromatic N) is 2. The first-order valence-corrected chi connectivity index (χ1v) is 9.42. The van der Waals surface area contributed by atoms with Gasteiger partial charge >= 0.3 is 0 Å². The molecule has 0 aliphatic rings. The Bertz CT molecular complexity index is 745. The van der Waals surface area contributed by atoms with Crippen LogP contribution in [0.15, 0.2) is 54.6 Å². The number of hydrogen-bond acceptors (Lipinski definition) is 4. The predicted molar refractivity (Wildman–Crippen MR) is 111 cm³/mol. The Morgan fingerprint density at radius 1 is 1.00 bits per heavy atom. The smallest absolute Gasteiger partial charge is 0.240 e. The number of carbonyl (C=O) groups is 2. The molecule has 0 saturated heterocycles. The molecule has 0 spiro atoms. The molecule has 1 N–H and O–H groups in total. The summed E-state index contributed by atoms with van der Waals surface area (Å²) in [4.78, 5) is 27.7. The summed E-state index contributed by atoms with van der Waals surface area (Å²) >= 11 is 0. The van der Waals surface area contributed by atoms with E-state index in [0.717, 1.165) is 18.5 Å². The average Bonchev–Trinajstić information content (AvgIpc) is 2.69. The molecule has 0 aliphatic carbocycles. The van der Waals surface area contributed by atoms with Gasteiger partial charge in [-0.1, -0.05) is 30.3 Å². The molecule has 0 unspecified atom stereocenters. The summed E-state index contributed by atoms with van der Waals surface area (Å²) in [5, 5.41) is 2.86. The first kappa shape index (κ1) is 21.4. The van der Waals surface area contributed by atoms with E-state index in [9.17, 15) is 9.59 Å². The number of nitrogens with one attached hydrogen (secondary N) is 1. The lowest BCUT2D eigenvalue weighted by atomic mass is 10.2. The highest BCUT2D eigenvalue weighted by Gasteiger charge is 2.15. The van der Waals surface area contributed by atoms with Crippen molar-refractivity contribution in [2.75, 3.05) is 38.6 Å². The summed E-state index contributed by atoms with van der Waals surface area (Å²) in [6.07, 6.45) is 0.867. The van der Waals surface area contributed by atoms with E-state index in [-0.39, 0.29) is 18.4 Å². The molecule has 6 heteroatoms. The van der Waals surface area contributed by atoms with E-state index >= 15 is 0 Å². The molecule has 0 heterocycles. The molecule has 2 aromatic rings.